The third kappa shape index (κ3) is 2.69. The van der Waals surface area contributed by atoms with Gasteiger partial charge >= 0.3 is 0 Å². The number of nitrogens with zero attached hydrogens (tertiary/aromatic N) is 2. The number of nitrogens with one attached hydrogen (secondary N) is 1. The van der Waals surface area contributed by atoms with Gasteiger partial charge in [-0.2, -0.15) is 0 Å². The van der Waals surface area contributed by atoms with E-state index in [0.717, 1.165) is 20.9 Å². The van der Waals surface area contributed by atoms with Crippen LogP contribution in [0.2, 0.25) is 5.02 Å². The molecule has 1 aromatic carbocycles. The fourth-order valence-electron chi connectivity index (χ4n) is 1.86. The molecule has 0 bridgehead atoms. The summed E-state index contributed by atoms with van der Waals surface area (Å²) < 4.78 is 1.13. The van der Waals surface area contributed by atoms with E-state index >= 15 is 0 Å². The SMILES string of the molecule is CC(Nc1nc2cc(Cl)ccc2s1)c1cccnc1. The lowest BCUT2D eigenvalue weighted by atomic mass is 10.1. The Morgan fingerprint density at radius 2 is 2.21 bits per heavy atom. The zero-order valence-electron chi connectivity index (χ0n) is 10.3. The molecule has 96 valence electrons. The van der Waals surface area contributed by atoms with E-state index in [1.807, 2.05) is 30.5 Å². The monoisotopic (exact) mass is 289 g/mol. The number of thiazole rings is 1. The van der Waals surface area contributed by atoms with Gasteiger partial charge in [-0.05, 0) is 36.8 Å². The van der Waals surface area contributed by atoms with E-state index in [2.05, 4.69) is 28.3 Å². The predicted octanol–water partition coefficient (Wildman–Crippen LogP) is 4.52. The fourth-order valence-corrected chi connectivity index (χ4v) is 2.96. The van der Waals surface area contributed by atoms with E-state index in [1.54, 1.807) is 17.5 Å². The highest BCUT2D eigenvalue weighted by molar-refractivity contribution is 7.22. The van der Waals surface area contributed by atoms with Crippen LogP contribution in [-0.4, -0.2) is 9.97 Å². The normalized spacial score (nSPS) is 12.5. The minimum absolute atomic E-state index is 0.171. The minimum Gasteiger partial charge on any atom is -0.355 e. The highest BCUT2D eigenvalue weighted by atomic mass is 35.5. The molecule has 1 atom stereocenters. The molecule has 0 aliphatic carbocycles. The molecule has 1 unspecified atom stereocenters. The van der Waals surface area contributed by atoms with Crippen molar-refractivity contribution in [3.05, 3.63) is 53.3 Å². The average Bonchev–Trinajstić information content (AvgIpc) is 2.81. The smallest absolute Gasteiger partial charge is 0.184 e. The summed E-state index contributed by atoms with van der Waals surface area (Å²) >= 11 is 7.59. The summed E-state index contributed by atoms with van der Waals surface area (Å²) in [6.07, 6.45) is 3.64. The molecule has 0 saturated heterocycles. The van der Waals surface area contributed by atoms with Crippen LogP contribution in [0.4, 0.5) is 5.13 Å². The Hall–Kier alpha value is -1.65. The van der Waals surface area contributed by atoms with Crippen LogP contribution >= 0.6 is 22.9 Å². The standard InChI is InChI=1S/C14H12ClN3S/c1-9(10-3-2-6-16-8-10)17-14-18-12-7-11(15)4-5-13(12)19-14/h2-9H,1H3,(H,17,18). The highest BCUT2D eigenvalue weighted by Crippen LogP contribution is 2.30. The average molecular weight is 290 g/mol. The van der Waals surface area contributed by atoms with Crippen LogP contribution in [0.3, 0.4) is 0 Å². The van der Waals surface area contributed by atoms with Crippen molar-refractivity contribution in [2.75, 3.05) is 5.32 Å². The Bertz CT molecular complexity index is 696. The summed E-state index contributed by atoms with van der Waals surface area (Å²) in [7, 11) is 0. The Morgan fingerprint density at radius 3 is 3.00 bits per heavy atom. The number of rotatable bonds is 3. The first-order chi connectivity index (χ1) is 9.22. The summed E-state index contributed by atoms with van der Waals surface area (Å²) in [5, 5.41) is 5.00. The van der Waals surface area contributed by atoms with Crippen LogP contribution < -0.4 is 5.32 Å². The van der Waals surface area contributed by atoms with Gasteiger partial charge in [-0.3, -0.25) is 4.98 Å². The van der Waals surface area contributed by atoms with Gasteiger partial charge < -0.3 is 5.32 Å². The summed E-state index contributed by atoms with van der Waals surface area (Å²) in [6, 6.07) is 9.92. The third-order valence-electron chi connectivity index (χ3n) is 2.87. The summed E-state index contributed by atoms with van der Waals surface area (Å²) in [5.74, 6) is 0. The molecule has 3 nitrogen and oxygen atoms in total. The van der Waals surface area contributed by atoms with Crippen LogP contribution in [0.1, 0.15) is 18.5 Å². The van der Waals surface area contributed by atoms with Gasteiger partial charge in [0.15, 0.2) is 5.13 Å². The van der Waals surface area contributed by atoms with Crippen LogP contribution in [0.15, 0.2) is 42.7 Å². The van der Waals surface area contributed by atoms with Crippen molar-refractivity contribution in [3.63, 3.8) is 0 Å². The second kappa shape index (κ2) is 5.15. The molecule has 5 heteroatoms. The molecular formula is C14H12ClN3S. The number of pyridine rings is 1. The van der Waals surface area contributed by atoms with Crippen LogP contribution in [0.5, 0.6) is 0 Å². The maximum atomic E-state index is 5.97. The van der Waals surface area contributed by atoms with E-state index in [4.69, 9.17) is 11.6 Å². The Kier molecular flexibility index (Phi) is 3.36. The van der Waals surface area contributed by atoms with E-state index < -0.39 is 0 Å². The number of hydrogen-bond acceptors (Lipinski definition) is 4. The van der Waals surface area contributed by atoms with Gasteiger partial charge in [0.25, 0.3) is 0 Å². The molecule has 2 heterocycles. The molecule has 19 heavy (non-hydrogen) atoms. The quantitative estimate of drug-likeness (QED) is 0.770. The van der Waals surface area contributed by atoms with E-state index in [0.29, 0.717) is 5.02 Å². The van der Waals surface area contributed by atoms with E-state index in [-0.39, 0.29) is 6.04 Å². The van der Waals surface area contributed by atoms with E-state index in [9.17, 15) is 0 Å². The van der Waals surface area contributed by atoms with Crippen molar-refractivity contribution in [1.29, 1.82) is 0 Å². The van der Waals surface area contributed by atoms with Crippen LogP contribution in [0.25, 0.3) is 10.2 Å². The first-order valence-electron chi connectivity index (χ1n) is 5.95. The number of benzene rings is 1. The van der Waals surface area contributed by atoms with Gasteiger partial charge in [0.05, 0.1) is 16.3 Å². The Balaban J connectivity index is 1.85. The second-order valence-corrected chi connectivity index (χ2v) is 5.75. The molecular weight excluding hydrogens is 278 g/mol. The predicted molar refractivity (Wildman–Crippen MR) is 80.9 cm³/mol. The maximum Gasteiger partial charge on any atom is 0.184 e. The topological polar surface area (TPSA) is 37.8 Å². The Labute approximate surface area is 120 Å². The number of anilines is 1. The van der Waals surface area contributed by atoms with Crippen molar-refractivity contribution >= 4 is 38.3 Å². The molecule has 1 N–H and O–H groups in total. The number of fused-ring (bicyclic) bond motifs is 1. The van der Waals surface area contributed by atoms with Crippen LogP contribution in [-0.2, 0) is 0 Å². The first kappa shape index (κ1) is 12.4. The van der Waals surface area contributed by atoms with Crippen molar-refractivity contribution in [2.45, 2.75) is 13.0 Å². The zero-order chi connectivity index (χ0) is 13.2. The fraction of sp³-hybridized carbons (Fsp3) is 0.143. The first-order valence-corrected chi connectivity index (χ1v) is 7.14. The molecule has 0 radical (unpaired) electrons. The van der Waals surface area contributed by atoms with Crippen molar-refractivity contribution in [2.24, 2.45) is 0 Å². The van der Waals surface area contributed by atoms with Crippen molar-refractivity contribution in [3.8, 4) is 0 Å². The van der Waals surface area contributed by atoms with Gasteiger partial charge in [0, 0.05) is 17.4 Å². The number of aromatic nitrogens is 2. The molecule has 0 aliphatic heterocycles. The summed E-state index contributed by atoms with van der Waals surface area (Å²) in [5.41, 5.74) is 2.07. The zero-order valence-corrected chi connectivity index (χ0v) is 11.9. The molecule has 2 aromatic heterocycles. The van der Waals surface area contributed by atoms with Gasteiger partial charge in [-0.15, -0.1) is 0 Å². The molecule has 0 saturated carbocycles. The van der Waals surface area contributed by atoms with E-state index in [1.165, 1.54) is 0 Å². The minimum atomic E-state index is 0.171. The van der Waals surface area contributed by atoms with Gasteiger partial charge in [-0.1, -0.05) is 29.0 Å². The molecule has 3 aromatic rings. The molecule has 3 rings (SSSR count). The Morgan fingerprint density at radius 1 is 1.32 bits per heavy atom. The lowest BCUT2D eigenvalue weighted by Crippen LogP contribution is -2.06. The lowest BCUT2D eigenvalue weighted by Gasteiger charge is -2.12. The number of hydrogen-bond donors (Lipinski definition) is 1. The molecule has 0 fully saturated rings. The highest BCUT2D eigenvalue weighted by Gasteiger charge is 2.09. The summed E-state index contributed by atoms with van der Waals surface area (Å²) in [6.45, 7) is 2.09. The van der Waals surface area contributed by atoms with Gasteiger partial charge in [0.1, 0.15) is 0 Å². The lowest BCUT2D eigenvalue weighted by molar-refractivity contribution is 0.874. The van der Waals surface area contributed by atoms with Gasteiger partial charge in [-0.25, -0.2) is 4.98 Å². The molecule has 0 spiro atoms. The molecule has 0 aliphatic rings. The van der Waals surface area contributed by atoms with Crippen LogP contribution in [0, 0.1) is 0 Å². The van der Waals surface area contributed by atoms with Crippen molar-refractivity contribution in [1.82, 2.24) is 9.97 Å². The summed E-state index contributed by atoms with van der Waals surface area (Å²) in [4.78, 5) is 8.67. The molecule has 0 amide bonds. The van der Waals surface area contributed by atoms with Gasteiger partial charge in [0.2, 0.25) is 0 Å². The maximum absolute atomic E-state index is 5.97. The second-order valence-electron chi connectivity index (χ2n) is 4.28. The third-order valence-corrected chi connectivity index (χ3v) is 4.08. The largest absolute Gasteiger partial charge is 0.355 e. The van der Waals surface area contributed by atoms with Crippen molar-refractivity contribution < 1.29 is 0 Å². The number of halogens is 1.